The molecule has 2 unspecified atom stereocenters. The van der Waals surface area contributed by atoms with Crippen molar-refractivity contribution in [3.8, 4) is 5.75 Å². The lowest BCUT2D eigenvalue weighted by Crippen LogP contribution is -2.30. The van der Waals surface area contributed by atoms with Crippen LogP contribution in [0.3, 0.4) is 0 Å². The van der Waals surface area contributed by atoms with Gasteiger partial charge in [0.25, 0.3) is 0 Å². The van der Waals surface area contributed by atoms with E-state index in [9.17, 15) is 0 Å². The average Bonchev–Trinajstić information content (AvgIpc) is 2.35. The zero-order valence-electron chi connectivity index (χ0n) is 10.8. The van der Waals surface area contributed by atoms with Gasteiger partial charge in [-0.05, 0) is 56.7 Å². The number of methoxy groups -OCH3 is 1. The molecule has 100 valence electrons. The van der Waals surface area contributed by atoms with Crippen LogP contribution in [0.2, 0.25) is 0 Å². The third kappa shape index (κ3) is 3.21. The van der Waals surface area contributed by atoms with Gasteiger partial charge in [0.1, 0.15) is 5.75 Å². The second-order valence-corrected chi connectivity index (χ2v) is 6.69. The zero-order valence-corrected chi connectivity index (χ0v) is 14.0. The first-order chi connectivity index (χ1) is 8.61. The molecule has 1 aromatic rings. The van der Waals surface area contributed by atoms with E-state index in [1.165, 1.54) is 25.7 Å². The number of benzene rings is 1. The predicted octanol–water partition coefficient (Wildman–Crippen LogP) is 5.21. The number of anilines is 1. The van der Waals surface area contributed by atoms with E-state index in [0.717, 1.165) is 26.3 Å². The monoisotopic (exact) mass is 375 g/mol. The number of ether oxygens (including phenoxy) is 1. The molecule has 2 nitrogen and oxygen atoms in total. The Morgan fingerprint density at radius 3 is 2.56 bits per heavy atom. The smallest absolute Gasteiger partial charge is 0.135 e. The summed E-state index contributed by atoms with van der Waals surface area (Å²) in [5.74, 6) is 1.60. The second kappa shape index (κ2) is 6.29. The van der Waals surface area contributed by atoms with Crippen molar-refractivity contribution in [3.63, 3.8) is 0 Å². The maximum Gasteiger partial charge on any atom is 0.135 e. The van der Waals surface area contributed by atoms with Crippen molar-refractivity contribution >= 4 is 37.5 Å². The molecular weight excluding hydrogens is 358 g/mol. The third-order valence-corrected chi connectivity index (χ3v) is 4.97. The van der Waals surface area contributed by atoms with E-state index in [1.807, 2.05) is 6.07 Å². The molecule has 0 aliphatic heterocycles. The third-order valence-electron chi connectivity index (χ3n) is 3.69. The minimum absolute atomic E-state index is 0.570. The summed E-state index contributed by atoms with van der Waals surface area (Å²) < 4.78 is 7.40. The Morgan fingerprint density at radius 2 is 1.89 bits per heavy atom. The molecule has 2 atom stereocenters. The average molecular weight is 377 g/mol. The van der Waals surface area contributed by atoms with Crippen molar-refractivity contribution in [3.05, 3.63) is 21.1 Å². The molecule has 0 aromatic heterocycles. The van der Waals surface area contributed by atoms with Crippen LogP contribution in [-0.2, 0) is 0 Å². The maximum absolute atomic E-state index is 5.35. The van der Waals surface area contributed by atoms with Crippen LogP contribution in [0, 0.1) is 5.92 Å². The Hall–Kier alpha value is -0.220. The highest BCUT2D eigenvalue weighted by Crippen LogP contribution is 2.36. The van der Waals surface area contributed by atoms with Gasteiger partial charge >= 0.3 is 0 Å². The Kier molecular flexibility index (Phi) is 4.96. The summed E-state index contributed by atoms with van der Waals surface area (Å²) in [5, 5.41) is 3.65. The molecule has 1 fully saturated rings. The second-order valence-electron chi connectivity index (χ2n) is 4.98. The molecule has 1 aromatic carbocycles. The van der Waals surface area contributed by atoms with Gasteiger partial charge in [0.15, 0.2) is 0 Å². The van der Waals surface area contributed by atoms with Gasteiger partial charge in [-0.1, -0.05) is 19.8 Å². The van der Waals surface area contributed by atoms with E-state index >= 15 is 0 Å². The van der Waals surface area contributed by atoms with Crippen LogP contribution in [0.15, 0.2) is 21.1 Å². The zero-order chi connectivity index (χ0) is 13.1. The largest absolute Gasteiger partial charge is 0.495 e. The van der Waals surface area contributed by atoms with E-state index < -0.39 is 0 Å². The lowest BCUT2D eigenvalue weighted by atomic mass is 9.86. The lowest BCUT2D eigenvalue weighted by Gasteiger charge is -2.31. The fourth-order valence-corrected chi connectivity index (χ4v) is 3.80. The quantitative estimate of drug-likeness (QED) is 0.781. The summed E-state index contributed by atoms with van der Waals surface area (Å²) in [6, 6.07) is 4.66. The fourth-order valence-electron chi connectivity index (χ4n) is 2.53. The highest BCUT2D eigenvalue weighted by Gasteiger charge is 2.22. The Labute approximate surface area is 126 Å². The van der Waals surface area contributed by atoms with Crippen LogP contribution < -0.4 is 10.1 Å². The van der Waals surface area contributed by atoms with E-state index in [4.69, 9.17) is 4.74 Å². The molecule has 0 amide bonds. The normalized spacial score (nSPS) is 23.8. The summed E-state index contributed by atoms with van der Waals surface area (Å²) in [7, 11) is 1.70. The van der Waals surface area contributed by atoms with E-state index in [-0.39, 0.29) is 0 Å². The van der Waals surface area contributed by atoms with Gasteiger partial charge in [0.05, 0.1) is 17.3 Å². The van der Waals surface area contributed by atoms with Crippen LogP contribution in [0.1, 0.15) is 32.6 Å². The summed E-state index contributed by atoms with van der Waals surface area (Å²) in [4.78, 5) is 0. The fraction of sp³-hybridized carbons (Fsp3) is 0.571. The first-order valence-electron chi connectivity index (χ1n) is 6.41. The molecule has 1 aliphatic carbocycles. The molecule has 0 saturated heterocycles. The highest BCUT2D eigenvalue weighted by molar-refractivity contribution is 9.11. The van der Waals surface area contributed by atoms with E-state index in [2.05, 4.69) is 50.2 Å². The topological polar surface area (TPSA) is 21.3 Å². The Bertz CT molecular complexity index is 423. The predicted molar refractivity (Wildman–Crippen MR) is 83.4 cm³/mol. The number of rotatable bonds is 3. The first kappa shape index (κ1) is 14.2. The minimum Gasteiger partial charge on any atom is -0.495 e. The van der Waals surface area contributed by atoms with Gasteiger partial charge in [0.2, 0.25) is 0 Å². The summed E-state index contributed by atoms with van der Waals surface area (Å²) in [6.07, 6.45) is 5.27. The standard InChI is InChI=1S/C14H19Br2NO/c1-9-5-3-4-6-12(9)17-13-8-14(18-2)11(16)7-10(13)15/h7-9,12,17H,3-6H2,1-2H3. The van der Waals surface area contributed by atoms with Gasteiger partial charge < -0.3 is 10.1 Å². The summed E-state index contributed by atoms with van der Waals surface area (Å²) >= 11 is 7.10. The summed E-state index contributed by atoms with van der Waals surface area (Å²) in [5.41, 5.74) is 1.12. The van der Waals surface area contributed by atoms with Crippen LogP contribution in [-0.4, -0.2) is 13.2 Å². The molecule has 0 bridgehead atoms. The molecule has 0 spiro atoms. The minimum atomic E-state index is 0.570. The molecular formula is C14H19Br2NO. The molecule has 1 N–H and O–H groups in total. The van der Waals surface area contributed by atoms with Crippen LogP contribution in [0.5, 0.6) is 5.75 Å². The first-order valence-corrected chi connectivity index (χ1v) is 8.00. The van der Waals surface area contributed by atoms with Crippen molar-refractivity contribution in [2.24, 2.45) is 5.92 Å². The van der Waals surface area contributed by atoms with E-state index in [0.29, 0.717) is 6.04 Å². The van der Waals surface area contributed by atoms with Gasteiger partial charge in [-0.2, -0.15) is 0 Å². The number of halogens is 2. The highest BCUT2D eigenvalue weighted by atomic mass is 79.9. The van der Waals surface area contributed by atoms with Crippen molar-refractivity contribution in [2.75, 3.05) is 12.4 Å². The molecule has 1 aliphatic rings. The SMILES string of the molecule is COc1cc(NC2CCCCC2C)c(Br)cc1Br. The Morgan fingerprint density at radius 1 is 1.17 bits per heavy atom. The molecule has 18 heavy (non-hydrogen) atoms. The molecule has 2 rings (SSSR count). The van der Waals surface area contributed by atoms with Crippen molar-refractivity contribution < 1.29 is 4.74 Å². The molecule has 0 heterocycles. The van der Waals surface area contributed by atoms with Crippen LogP contribution in [0.25, 0.3) is 0 Å². The summed E-state index contributed by atoms with van der Waals surface area (Å²) in [6.45, 7) is 2.33. The Balaban J connectivity index is 2.17. The lowest BCUT2D eigenvalue weighted by molar-refractivity contribution is 0.349. The number of nitrogens with one attached hydrogen (secondary N) is 1. The van der Waals surface area contributed by atoms with E-state index in [1.54, 1.807) is 7.11 Å². The van der Waals surface area contributed by atoms with Crippen molar-refractivity contribution in [2.45, 2.75) is 38.6 Å². The van der Waals surface area contributed by atoms with Crippen molar-refractivity contribution in [1.82, 2.24) is 0 Å². The molecule has 1 saturated carbocycles. The van der Waals surface area contributed by atoms with Crippen molar-refractivity contribution in [1.29, 1.82) is 0 Å². The number of hydrogen-bond donors (Lipinski definition) is 1. The van der Waals surface area contributed by atoms with Gasteiger partial charge in [-0.25, -0.2) is 0 Å². The maximum atomic E-state index is 5.35. The molecule has 0 radical (unpaired) electrons. The van der Waals surface area contributed by atoms with Gasteiger partial charge in [-0.3, -0.25) is 0 Å². The number of hydrogen-bond acceptors (Lipinski definition) is 2. The molecule has 4 heteroatoms. The van der Waals surface area contributed by atoms with Crippen LogP contribution in [0.4, 0.5) is 5.69 Å². The van der Waals surface area contributed by atoms with Crippen LogP contribution >= 0.6 is 31.9 Å². The van der Waals surface area contributed by atoms with Gasteiger partial charge in [-0.15, -0.1) is 0 Å². The van der Waals surface area contributed by atoms with Gasteiger partial charge in [0, 0.05) is 16.6 Å².